The second-order valence-electron chi connectivity index (χ2n) is 5.70. The lowest BCUT2D eigenvalue weighted by molar-refractivity contribution is -0.271. The molecule has 0 unspecified atom stereocenters. The van der Waals surface area contributed by atoms with Crippen LogP contribution in [0.4, 0.5) is 13.2 Å². The number of alkyl halides is 3. The highest BCUT2D eigenvalue weighted by Crippen LogP contribution is 2.38. The minimum Gasteiger partial charge on any atom is -0.380 e. The molecule has 1 aliphatic rings. The normalized spacial score (nSPS) is 18.7. The van der Waals surface area contributed by atoms with Gasteiger partial charge in [0.15, 0.2) is 5.60 Å². The number of carbonyl (C=O) groups excluding carboxylic acids is 1. The monoisotopic (exact) mass is 301 g/mol. The molecule has 0 saturated carbocycles. The molecule has 0 atom stereocenters. The van der Waals surface area contributed by atoms with Crippen LogP contribution in [0.15, 0.2) is 18.2 Å². The average Bonchev–Trinajstić information content (AvgIpc) is 2.36. The molecule has 0 spiro atoms. The highest BCUT2D eigenvalue weighted by atomic mass is 19.4. The zero-order valence-corrected chi connectivity index (χ0v) is 12.0. The van der Waals surface area contributed by atoms with Crippen LogP contribution in [0.3, 0.4) is 0 Å². The zero-order valence-electron chi connectivity index (χ0n) is 12.0. The molecule has 1 aliphatic heterocycles. The zero-order chi connectivity index (χ0) is 15.8. The van der Waals surface area contributed by atoms with E-state index in [2.05, 4.69) is 0 Å². The van der Waals surface area contributed by atoms with E-state index >= 15 is 0 Å². The molecule has 3 nitrogen and oxygen atoms in total. The van der Waals surface area contributed by atoms with Crippen molar-refractivity contribution in [3.05, 3.63) is 34.9 Å². The number of amides is 1. The van der Waals surface area contributed by atoms with Gasteiger partial charge in [-0.2, -0.15) is 13.2 Å². The van der Waals surface area contributed by atoms with E-state index in [4.69, 9.17) is 0 Å². The van der Waals surface area contributed by atoms with Gasteiger partial charge in [-0.25, -0.2) is 0 Å². The first kappa shape index (κ1) is 15.8. The van der Waals surface area contributed by atoms with Gasteiger partial charge in [0.25, 0.3) is 5.91 Å². The number of hydrogen-bond acceptors (Lipinski definition) is 2. The van der Waals surface area contributed by atoms with Crippen molar-refractivity contribution in [2.45, 2.75) is 38.5 Å². The van der Waals surface area contributed by atoms with Gasteiger partial charge >= 0.3 is 6.18 Å². The number of hydrogen-bond donors (Lipinski definition) is 1. The molecule has 1 aromatic carbocycles. The number of benzene rings is 1. The van der Waals surface area contributed by atoms with Crippen molar-refractivity contribution in [2.75, 3.05) is 13.1 Å². The van der Waals surface area contributed by atoms with Gasteiger partial charge < -0.3 is 10.0 Å². The maximum absolute atomic E-state index is 12.7. The molecular weight excluding hydrogens is 283 g/mol. The lowest BCUT2D eigenvalue weighted by atomic mass is 9.90. The van der Waals surface area contributed by atoms with Crippen molar-refractivity contribution < 1.29 is 23.1 Å². The van der Waals surface area contributed by atoms with E-state index in [9.17, 15) is 23.1 Å². The van der Waals surface area contributed by atoms with Crippen LogP contribution in [0.25, 0.3) is 0 Å². The number of halogens is 3. The maximum Gasteiger partial charge on any atom is 0.417 e. The van der Waals surface area contributed by atoms with Gasteiger partial charge in [0.2, 0.25) is 0 Å². The number of rotatable bonds is 1. The van der Waals surface area contributed by atoms with E-state index in [1.54, 1.807) is 12.1 Å². The number of nitrogens with zero attached hydrogens (tertiary/aromatic N) is 1. The van der Waals surface area contributed by atoms with Gasteiger partial charge in [-0.3, -0.25) is 4.79 Å². The van der Waals surface area contributed by atoms with E-state index in [-0.39, 0.29) is 19.0 Å². The first-order valence-electron chi connectivity index (χ1n) is 6.79. The molecule has 0 aliphatic carbocycles. The molecule has 1 amide bonds. The molecule has 1 heterocycles. The Balaban J connectivity index is 2.10. The van der Waals surface area contributed by atoms with Gasteiger partial charge in [0, 0.05) is 31.5 Å². The van der Waals surface area contributed by atoms with Crippen molar-refractivity contribution in [3.63, 3.8) is 0 Å². The van der Waals surface area contributed by atoms with Crippen LogP contribution >= 0.6 is 0 Å². The van der Waals surface area contributed by atoms with Crippen LogP contribution in [-0.2, 0) is 0 Å². The SMILES string of the molecule is Cc1cc(C)cc(C(=O)N2CCC(O)(C(F)(F)F)CC2)c1. The summed E-state index contributed by atoms with van der Waals surface area (Å²) < 4.78 is 38.2. The molecule has 0 bridgehead atoms. The van der Waals surface area contributed by atoms with Gasteiger partial charge in [-0.1, -0.05) is 17.2 Å². The molecule has 21 heavy (non-hydrogen) atoms. The van der Waals surface area contributed by atoms with Crippen molar-refractivity contribution in [1.29, 1.82) is 0 Å². The molecule has 1 aromatic rings. The van der Waals surface area contributed by atoms with Crippen LogP contribution in [0, 0.1) is 13.8 Å². The van der Waals surface area contributed by atoms with E-state index in [0.717, 1.165) is 11.1 Å². The number of carbonyl (C=O) groups is 1. The Kier molecular flexibility index (Phi) is 4.02. The van der Waals surface area contributed by atoms with Crippen LogP contribution in [-0.4, -0.2) is 40.8 Å². The highest BCUT2D eigenvalue weighted by Gasteiger charge is 2.54. The Morgan fingerprint density at radius 1 is 1.14 bits per heavy atom. The van der Waals surface area contributed by atoms with Crippen molar-refractivity contribution in [3.8, 4) is 0 Å². The first-order valence-corrected chi connectivity index (χ1v) is 6.79. The minimum atomic E-state index is -4.65. The number of aryl methyl sites for hydroxylation is 2. The fourth-order valence-corrected chi connectivity index (χ4v) is 2.64. The average molecular weight is 301 g/mol. The van der Waals surface area contributed by atoms with E-state index < -0.39 is 24.6 Å². The Bertz CT molecular complexity index is 526. The number of likely N-dealkylation sites (tertiary alicyclic amines) is 1. The van der Waals surface area contributed by atoms with E-state index in [0.29, 0.717) is 5.56 Å². The quantitative estimate of drug-likeness (QED) is 0.866. The molecule has 2 rings (SSSR count). The van der Waals surface area contributed by atoms with Crippen LogP contribution in [0.2, 0.25) is 0 Å². The maximum atomic E-state index is 12.7. The standard InChI is InChI=1S/C15H18F3NO2/c1-10-7-11(2)9-12(8-10)13(20)19-5-3-14(21,4-6-19)15(16,17)18/h7-9,21H,3-6H2,1-2H3. The third kappa shape index (κ3) is 3.20. The van der Waals surface area contributed by atoms with Crippen molar-refractivity contribution in [2.24, 2.45) is 0 Å². The lowest BCUT2D eigenvalue weighted by Crippen LogP contribution is -2.54. The molecule has 0 radical (unpaired) electrons. The predicted octanol–water partition coefficient (Wildman–Crippen LogP) is 2.83. The lowest BCUT2D eigenvalue weighted by Gasteiger charge is -2.39. The Labute approximate surface area is 121 Å². The van der Waals surface area contributed by atoms with E-state index in [1.165, 1.54) is 4.90 Å². The van der Waals surface area contributed by atoms with Crippen LogP contribution in [0.1, 0.15) is 34.3 Å². The minimum absolute atomic E-state index is 0.0954. The van der Waals surface area contributed by atoms with E-state index in [1.807, 2.05) is 19.9 Å². The van der Waals surface area contributed by atoms with Crippen molar-refractivity contribution in [1.82, 2.24) is 4.90 Å². The summed E-state index contributed by atoms with van der Waals surface area (Å²) in [6, 6.07) is 5.37. The Morgan fingerprint density at radius 3 is 2.05 bits per heavy atom. The molecule has 6 heteroatoms. The summed E-state index contributed by atoms with van der Waals surface area (Å²) >= 11 is 0. The van der Waals surface area contributed by atoms with Gasteiger partial charge in [0.1, 0.15) is 0 Å². The van der Waals surface area contributed by atoms with Gasteiger partial charge in [0.05, 0.1) is 0 Å². The van der Waals surface area contributed by atoms with Gasteiger partial charge in [-0.15, -0.1) is 0 Å². The molecule has 0 aromatic heterocycles. The van der Waals surface area contributed by atoms with Gasteiger partial charge in [-0.05, 0) is 26.0 Å². The molecule has 116 valence electrons. The van der Waals surface area contributed by atoms with Crippen LogP contribution in [0.5, 0.6) is 0 Å². The summed E-state index contributed by atoms with van der Waals surface area (Å²) in [7, 11) is 0. The Hall–Kier alpha value is -1.56. The Morgan fingerprint density at radius 2 is 1.62 bits per heavy atom. The molecular formula is C15H18F3NO2. The summed E-state index contributed by atoms with van der Waals surface area (Å²) in [6.07, 6.45) is -5.61. The summed E-state index contributed by atoms with van der Waals surface area (Å²) in [6.45, 7) is 3.54. The first-order chi connectivity index (χ1) is 9.62. The summed E-state index contributed by atoms with van der Waals surface area (Å²) in [5.74, 6) is -0.286. The smallest absolute Gasteiger partial charge is 0.380 e. The topological polar surface area (TPSA) is 40.5 Å². The third-order valence-corrected chi connectivity index (χ3v) is 3.87. The largest absolute Gasteiger partial charge is 0.417 e. The molecule has 1 fully saturated rings. The fraction of sp³-hybridized carbons (Fsp3) is 0.533. The summed E-state index contributed by atoms with van der Waals surface area (Å²) in [5, 5.41) is 9.60. The third-order valence-electron chi connectivity index (χ3n) is 3.87. The second-order valence-corrected chi connectivity index (χ2v) is 5.70. The summed E-state index contributed by atoms with van der Waals surface area (Å²) in [5.41, 5.74) is -0.332. The molecule has 1 N–H and O–H groups in total. The second kappa shape index (κ2) is 5.33. The van der Waals surface area contributed by atoms with Crippen molar-refractivity contribution >= 4 is 5.91 Å². The number of piperidine rings is 1. The predicted molar refractivity (Wildman–Crippen MR) is 72.1 cm³/mol. The number of aliphatic hydroxyl groups is 1. The van der Waals surface area contributed by atoms with Crippen LogP contribution < -0.4 is 0 Å². The highest BCUT2D eigenvalue weighted by molar-refractivity contribution is 5.94. The summed E-state index contributed by atoms with van der Waals surface area (Å²) in [4.78, 5) is 13.7. The fourth-order valence-electron chi connectivity index (χ4n) is 2.64. The molecule has 1 saturated heterocycles.